The van der Waals surface area contributed by atoms with E-state index in [4.69, 9.17) is 4.74 Å². The van der Waals surface area contributed by atoms with Gasteiger partial charge in [0.05, 0.1) is 6.54 Å². The Labute approximate surface area is 813 Å². The van der Waals surface area contributed by atoms with Gasteiger partial charge < -0.3 is 51.5 Å². The van der Waals surface area contributed by atoms with Gasteiger partial charge in [0.2, 0.25) is 23.6 Å². The van der Waals surface area contributed by atoms with Crippen molar-refractivity contribution in [2.24, 2.45) is 106 Å². The summed E-state index contributed by atoms with van der Waals surface area (Å²) < 4.78 is 5.24. The Hall–Kier alpha value is -5.15. The zero-order valence-electron chi connectivity index (χ0n) is 90.9. The summed E-state index contributed by atoms with van der Waals surface area (Å²) in [5.41, 5.74) is -3.43. The number of likely N-dealkylation sites (N-methyl/N-ethyl adjacent to an activating group) is 1. The molecule has 0 aromatic rings. The molecule has 10 aliphatic carbocycles. The summed E-state index contributed by atoms with van der Waals surface area (Å²) in [5.74, 6) is 11.6. The zero-order chi connectivity index (χ0) is 101. The number of nitrogens with one attached hydrogen (secondary N) is 5. The number of Topliss-reactive ketones (excluding diaryl/α,β-unsaturated/α-hetero) is 5. The highest BCUT2D eigenvalue weighted by atomic mass is 16.6. The van der Waals surface area contributed by atoms with Gasteiger partial charge in [0.25, 0.3) is 5.91 Å². The predicted octanol–water partition coefficient (Wildman–Crippen LogP) is 24.1. The number of ketones is 5. The van der Waals surface area contributed by atoms with Crippen molar-refractivity contribution in [3.05, 3.63) is 0 Å². The third kappa shape index (κ3) is 54.9. The molecule has 0 aliphatic heterocycles. The molecule has 10 fully saturated rings. The van der Waals surface area contributed by atoms with Crippen molar-refractivity contribution in [1.82, 2.24) is 31.5 Å². The van der Waals surface area contributed by atoms with Crippen LogP contribution in [0.25, 0.3) is 0 Å². The highest BCUT2D eigenvalue weighted by Gasteiger charge is 2.41. The molecule has 1 atom stereocenters. The van der Waals surface area contributed by atoms with E-state index in [2.05, 4.69) is 158 Å². The first kappa shape index (κ1) is 126. The quantitative estimate of drug-likeness (QED) is 0.0530. The average Bonchev–Trinajstić information content (AvgIpc) is 0.878. The van der Waals surface area contributed by atoms with Crippen molar-refractivity contribution in [2.75, 3.05) is 26.7 Å². The van der Waals surface area contributed by atoms with Crippen LogP contribution in [0.1, 0.15) is 476 Å². The van der Waals surface area contributed by atoms with E-state index >= 15 is 0 Å². The van der Waals surface area contributed by atoms with Crippen LogP contribution < -0.4 is 26.6 Å². The minimum absolute atomic E-state index is 0.0415. The Morgan fingerprint density at radius 3 is 0.932 bits per heavy atom. The van der Waals surface area contributed by atoms with E-state index in [0.29, 0.717) is 97.6 Å². The summed E-state index contributed by atoms with van der Waals surface area (Å²) in [5, 5.41) is 44.6. The Morgan fingerprint density at radius 2 is 0.654 bits per heavy atom. The monoisotopic (exact) mass is 1880 g/mol. The van der Waals surface area contributed by atoms with E-state index in [0.717, 1.165) is 221 Å². The fraction of sp³-hybridized carbons (Fsp3) is 0.902. The lowest BCUT2D eigenvalue weighted by atomic mass is 9.78. The lowest BCUT2D eigenvalue weighted by Gasteiger charge is -2.34. The maximum Gasteiger partial charge on any atom is 0.410 e. The molecule has 0 aromatic carbocycles. The largest absolute Gasteiger partial charge is 0.444 e. The normalized spacial score (nSPS) is 30.5. The molecule has 0 spiro atoms. The number of hydrogen-bond donors (Lipinski definition) is 8. The van der Waals surface area contributed by atoms with Crippen molar-refractivity contribution in [1.29, 1.82) is 0 Å². The smallest absolute Gasteiger partial charge is 0.410 e. The van der Waals surface area contributed by atoms with Crippen LogP contribution in [0.15, 0.2) is 0 Å². The number of nitrogens with zero attached hydrogens (tertiary/aromatic N) is 1. The molecule has 10 saturated carbocycles. The van der Waals surface area contributed by atoms with Gasteiger partial charge in [-0.25, -0.2) is 4.79 Å². The lowest BCUT2D eigenvalue weighted by Crippen LogP contribution is -2.50. The maximum atomic E-state index is 12.1. The van der Waals surface area contributed by atoms with Gasteiger partial charge in [0.1, 0.15) is 34.0 Å². The van der Waals surface area contributed by atoms with Crippen molar-refractivity contribution in [3.63, 3.8) is 0 Å². The molecule has 0 bridgehead atoms. The van der Waals surface area contributed by atoms with Gasteiger partial charge in [0.15, 0.2) is 17.3 Å². The van der Waals surface area contributed by atoms with Crippen LogP contribution in [-0.2, 0) is 52.7 Å². The van der Waals surface area contributed by atoms with Crippen molar-refractivity contribution in [2.45, 2.75) is 516 Å². The summed E-state index contributed by atoms with van der Waals surface area (Å²) in [6, 6.07) is 0.438. The lowest BCUT2D eigenvalue weighted by molar-refractivity contribution is -0.144. The number of carbonyl (C=O) groups is 11. The topological polar surface area (TPSA) is 321 Å². The molecule has 21 heteroatoms. The Bertz CT molecular complexity index is 3240. The van der Waals surface area contributed by atoms with E-state index in [9.17, 15) is 68.1 Å². The SMILES string of the molecule is CC(=O)C1(O)CCC(C)CC1.CC(=O)C1(O)CCC(C)CC1.CC(=O)C1CCC(C)CC1.CC1CCC(C(=O)CN(C)C(=O)OC(C)(C)C)CC1.CC1CCC(C(=O)NCC(C)(C)C)CC1.CC1CCC(O)(C(=O)NC(C)C)CC1.CCC(=O)C1CCC(C)CC1.CCC(C)(C)NC(=O)C1CCC(C)CC1.CCCNC(=O)C1CCC(C)CC1.CC[C@@H](C)NC(=O)C1CCC(C)CC1. The van der Waals surface area contributed by atoms with Crippen LogP contribution in [-0.4, -0.2) is 151 Å². The molecule has 0 saturated heterocycles. The van der Waals surface area contributed by atoms with Crippen LogP contribution in [0.4, 0.5) is 4.79 Å². The zero-order valence-corrected chi connectivity index (χ0v) is 90.9. The van der Waals surface area contributed by atoms with Gasteiger partial charge >= 0.3 is 6.09 Å². The summed E-state index contributed by atoms with van der Waals surface area (Å²) >= 11 is 0. The molecule has 0 heterocycles. The van der Waals surface area contributed by atoms with Gasteiger partial charge in [-0.05, 0) is 378 Å². The highest BCUT2D eigenvalue weighted by Crippen LogP contribution is 2.39. The Morgan fingerprint density at radius 1 is 0.368 bits per heavy atom. The average molecular weight is 1880 g/mol. The highest BCUT2D eigenvalue weighted by molar-refractivity contribution is 5.87. The second-order valence-electron chi connectivity index (χ2n) is 47.4. The third-order valence-corrected chi connectivity index (χ3v) is 30.7. The van der Waals surface area contributed by atoms with Crippen molar-refractivity contribution >= 4 is 64.5 Å². The molecule has 776 valence electrons. The number of rotatable bonds is 21. The molecule has 10 aliphatic rings. The van der Waals surface area contributed by atoms with Crippen molar-refractivity contribution < 1.29 is 72.8 Å². The molecule has 0 radical (unpaired) electrons. The summed E-state index contributed by atoms with van der Waals surface area (Å²) in [7, 11) is 1.62. The molecule has 10 rings (SSSR count). The third-order valence-electron chi connectivity index (χ3n) is 30.7. The van der Waals surface area contributed by atoms with E-state index in [1.54, 1.807) is 14.0 Å². The number of amides is 6. The van der Waals surface area contributed by atoms with Crippen LogP contribution in [0.2, 0.25) is 0 Å². The molecule has 133 heavy (non-hydrogen) atoms. The summed E-state index contributed by atoms with van der Waals surface area (Å²) in [4.78, 5) is 128. The Kier molecular flexibility index (Phi) is 60.8. The fourth-order valence-electron chi connectivity index (χ4n) is 18.9. The number of carbonyl (C=O) groups excluding carboxylic acids is 11. The van der Waals surface area contributed by atoms with Crippen LogP contribution in [0.3, 0.4) is 0 Å². The first-order chi connectivity index (χ1) is 61.8. The first-order valence-electron chi connectivity index (χ1n) is 54.0. The van der Waals surface area contributed by atoms with Gasteiger partial charge in [-0.3, -0.25) is 47.9 Å². The molecule has 0 aromatic heterocycles. The van der Waals surface area contributed by atoms with Crippen molar-refractivity contribution in [3.8, 4) is 0 Å². The molecule has 8 N–H and O–H groups in total. The van der Waals surface area contributed by atoms with Gasteiger partial charge in [-0.2, -0.15) is 0 Å². The minimum atomic E-state index is -1.10. The van der Waals surface area contributed by atoms with Gasteiger partial charge in [0, 0.05) is 85.6 Å². The van der Waals surface area contributed by atoms with Gasteiger partial charge in [-0.1, -0.05) is 156 Å². The minimum Gasteiger partial charge on any atom is -0.444 e. The van der Waals surface area contributed by atoms with Crippen LogP contribution in [0, 0.1) is 106 Å². The van der Waals surface area contributed by atoms with E-state index in [1.165, 1.54) is 95.8 Å². The van der Waals surface area contributed by atoms with E-state index < -0.39 is 28.5 Å². The number of hydrogen-bond acceptors (Lipinski definition) is 15. The molecule has 6 amide bonds. The standard InChI is InChI=1S/C15H27NO3.2C13H25NO.C12H23NO.C11H21NO2.C11H21NO.C10H18O.2C9H16O2.C9H16O/c1-11-6-8-12(9-7-11)13(17)10-16(5)14(18)19-15(2,3)4;1-10-5-7-11(8-6-10)12(15)14-9-13(2,3)4;1-5-13(3,4)14-12(15)11-8-6-10(2)7-9-11;1-4-10(3)13-12(14)11-7-5-9(2)6-8-11;1-8(2)12-10(13)11(14)6-4-9(3)5-7-11;1-3-8-12-11(13)10-6-4-9(2)5-7-10;1-3-10(11)9-6-4-8(2)5-7-9;2*1-7-3-5-9(11,6-4-7)8(2)10;1-7-3-5-9(6-4-7)8(2)10/h11-12H,6-10H2,1-5H3;2*10-11H,5-9H2,1-4H3,(H,14,15);9-11H,4-8H2,1-3H3,(H,13,14);8-9,14H,4-7H2,1-3H3,(H,12,13);9-10H,3-8H2,1-2H3,(H,12,13);8-9H,3-7H2,1-2H3;2*7,11H,3-6H2,1-2H3;7,9H,3-6H2,1-2H3/t;;;9?,10-,11?;;;;;;/m...1....../s1. The first-order valence-corrected chi connectivity index (χ1v) is 54.0. The number of ether oxygens (including phenoxy) is 1. The summed E-state index contributed by atoms with van der Waals surface area (Å²) in [6.45, 7) is 59.2. The van der Waals surface area contributed by atoms with Gasteiger partial charge in [-0.15, -0.1) is 0 Å². The van der Waals surface area contributed by atoms with Crippen LogP contribution in [0.5, 0.6) is 0 Å². The fourth-order valence-corrected chi connectivity index (χ4v) is 18.9. The molecular weight excluding hydrogens is 1670 g/mol. The molecule has 21 nitrogen and oxygen atoms in total. The van der Waals surface area contributed by atoms with E-state index in [1.807, 2.05) is 41.5 Å². The number of aliphatic hydroxyl groups is 3. The molecule has 0 unspecified atom stereocenters. The predicted molar refractivity (Wildman–Crippen MR) is 546 cm³/mol. The Balaban J connectivity index is 0.000000742. The second kappa shape index (κ2) is 64.2. The maximum absolute atomic E-state index is 12.1. The van der Waals surface area contributed by atoms with E-state index in [-0.39, 0.29) is 88.2 Å². The molecular formula is C112H208N6O15. The second-order valence-corrected chi connectivity index (χ2v) is 47.4. The van der Waals surface area contributed by atoms with Crippen LogP contribution >= 0.6 is 0 Å². The summed E-state index contributed by atoms with van der Waals surface area (Å²) in [6.07, 6.45) is 45.2.